The van der Waals surface area contributed by atoms with Gasteiger partial charge in [-0.25, -0.2) is 4.39 Å². The minimum atomic E-state index is -0.846. The zero-order valence-electron chi connectivity index (χ0n) is 9.97. The first kappa shape index (κ1) is 12.7. The molecule has 2 aromatic carbocycles. The van der Waals surface area contributed by atoms with Gasteiger partial charge in [0, 0.05) is 11.1 Å². The monoisotopic (exact) mass is 294 g/mol. The molecule has 0 radical (unpaired) electrons. The van der Waals surface area contributed by atoms with Crippen molar-refractivity contribution in [3.8, 4) is 5.75 Å². The Bertz CT molecular complexity index is 708. The fourth-order valence-electron chi connectivity index (χ4n) is 2.07. The summed E-state index contributed by atoms with van der Waals surface area (Å²) in [5.74, 6) is -0.168. The maximum atomic E-state index is 13.6. The van der Waals surface area contributed by atoms with Gasteiger partial charge in [0.1, 0.15) is 17.3 Å². The fraction of sp³-hybridized carbons (Fsp3) is 0.0769. The molecule has 0 aromatic heterocycles. The third-order valence-electron chi connectivity index (χ3n) is 2.96. The Morgan fingerprint density at radius 3 is 2.85 bits per heavy atom. The second-order valence-electron chi connectivity index (χ2n) is 4.22. The molecule has 0 fully saturated rings. The number of nitrogens with zero attached hydrogens (tertiary/aromatic N) is 1. The third kappa shape index (κ3) is 2.04. The van der Waals surface area contributed by atoms with Crippen LogP contribution in [0, 0.1) is 15.9 Å². The number of nitrogens with one attached hydrogen (secondary N) is 1. The summed E-state index contributed by atoms with van der Waals surface area (Å²) < 4.78 is 19.1. The Labute approximate surface area is 118 Å². The molecule has 102 valence electrons. The highest BCUT2D eigenvalue weighted by molar-refractivity contribution is 6.30. The largest absolute Gasteiger partial charge is 0.464 e. The van der Waals surface area contributed by atoms with Crippen molar-refractivity contribution >= 4 is 23.0 Å². The number of nitro groups is 1. The molecular weight excluding hydrogens is 287 g/mol. The Hall–Kier alpha value is -2.34. The van der Waals surface area contributed by atoms with Crippen LogP contribution in [0.1, 0.15) is 11.8 Å². The number of halogens is 2. The van der Waals surface area contributed by atoms with Gasteiger partial charge in [0.2, 0.25) is 6.23 Å². The first-order valence-electron chi connectivity index (χ1n) is 5.72. The highest BCUT2D eigenvalue weighted by Gasteiger charge is 2.31. The zero-order valence-corrected chi connectivity index (χ0v) is 10.7. The van der Waals surface area contributed by atoms with Crippen molar-refractivity contribution in [3.05, 3.63) is 62.9 Å². The number of hydrogen-bond acceptors (Lipinski definition) is 4. The van der Waals surface area contributed by atoms with E-state index in [0.29, 0.717) is 10.8 Å². The van der Waals surface area contributed by atoms with Gasteiger partial charge >= 0.3 is 0 Å². The molecule has 0 aliphatic carbocycles. The van der Waals surface area contributed by atoms with Gasteiger partial charge < -0.3 is 10.1 Å². The summed E-state index contributed by atoms with van der Waals surface area (Å²) >= 11 is 5.86. The number of para-hydroxylation sites is 1. The fourth-order valence-corrected chi connectivity index (χ4v) is 2.25. The van der Waals surface area contributed by atoms with E-state index in [9.17, 15) is 14.5 Å². The molecule has 3 rings (SSSR count). The number of fused-ring (bicyclic) bond motifs is 1. The van der Waals surface area contributed by atoms with Crippen LogP contribution in [0.25, 0.3) is 0 Å². The molecular formula is C13H8ClFN2O3. The van der Waals surface area contributed by atoms with Gasteiger partial charge in [-0.3, -0.25) is 10.1 Å². The molecule has 7 heteroatoms. The lowest BCUT2D eigenvalue weighted by molar-refractivity contribution is -0.386. The SMILES string of the molecule is O=[N+]([O-])c1ccc(Cl)cc1C1Nc2c(F)cccc2O1. The topological polar surface area (TPSA) is 64.4 Å². The molecule has 0 spiro atoms. The van der Waals surface area contributed by atoms with Gasteiger partial charge in [-0.05, 0) is 24.3 Å². The molecule has 20 heavy (non-hydrogen) atoms. The average molecular weight is 295 g/mol. The molecule has 1 N–H and O–H groups in total. The summed E-state index contributed by atoms with van der Waals surface area (Å²) in [5, 5.41) is 14.2. The third-order valence-corrected chi connectivity index (χ3v) is 3.20. The highest BCUT2D eigenvalue weighted by atomic mass is 35.5. The van der Waals surface area contributed by atoms with Crippen LogP contribution in [0.15, 0.2) is 36.4 Å². The van der Waals surface area contributed by atoms with Crippen LogP contribution < -0.4 is 10.1 Å². The van der Waals surface area contributed by atoms with Crippen LogP contribution in [-0.4, -0.2) is 4.92 Å². The molecule has 0 bridgehead atoms. The summed E-state index contributed by atoms with van der Waals surface area (Å²) in [6.07, 6.45) is -0.846. The Morgan fingerprint density at radius 2 is 2.15 bits per heavy atom. The van der Waals surface area contributed by atoms with Crippen LogP contribution in [-0.2, 0) is 0 Å². The first-order chi connectivity index (χ1) is 9.56. The van der Waals surface area contributed by atoms with E-state index in [2.05, 4.69) is 5.32 Å². The molecule has 2 aromatic rings. The van der Waals surface area contributed by atoms with E-state index in [4.69, 9.17) is 16.3 Å². The second-order valence-corrected chi connectivity index (χ2v) is 4.65. The Morgan fingerprint density at radius 1 is 1.35 bits per heavy atom. The quantitative estimate of drug-likeness (QED) is 0.674. The molecule has 0 saturated carbocycles. The van der Waals surface area contributed by atoms with E-state index in [1.165, 1.54) is 30.3 Å². The van der Waals surface area contributed by atoms with Crippen molar-refractivity contribution in [3.63, 3.8) is 0 Å². The smallest absolute Gasteiger partial charge is 0.278 e. The lowest BCUT2D eigenvalue weighted by Gasteiger charge is -2.12. The number of ether oxygens (including phenoxy) is 1. The van der Waals surface area contributed by atoms with E-state index in [-0.39, 0.29) is 16.9 Å². The maximum Gasteiger partial charge on any atom is 0.278 e. The summed E-state index contributed by atoms with van der Waals surface area (Å²) in [4.78, 5) is 10.5. The number of rotatable bonds is 2. The highest BCUT2D eigenvalue weighted by Crippen LogP contribution is 2.42. The standard InChI is InChI=1S/C13H8ClFN2O3/c14-7-4-5-10(17(18)19)8(6-7)13-16-12-9(15)2-1-3-11(12)20-13/h1-6,13,16H. The van der Waals surface area contributed by atoms with Gasteiger partial charge in [0.25, 0.3) is 5.69 Å². The number of nitro benzene ring substituents is 1. The lowest BCUT2D eigenvalue weighted by atomic mass is 10.1. The predicted octanol–water partition coefficient (Wildman–Crippen LogP) is 3.89. The van der Waals surface area contributed by atoms with Crippen LogP contribution in [0.4, 0.5) is 15.8 Å². The Balaban J connectivity index is 2.03. The van der Waals surface area contributed by atoms with Crippen molar-refractivity contribution in [1.29, 1.82) is 0 Å². The van der Waals surface area contributed by atoms with Crippen LogP contribution in [0.5, 0.6) is 5.75 Å². The van der Waals surface area contributed by atoms with Crippen molar-refractivity contribution < 1.29 is 14.1 Å². The normalized spacial score (nSPS) is 16.2. The lowest BCUT2D eigenvalue weighted by Crippen LogP contribution is -2.12. The summed E-state index contributed by atoms with van der Waals surface area (Å²) in [6, 6.07) is 8.52. The Kier molecular flexibility index (Phi) is 2.94. The van der Waals surface area contributed by atoms with E-state index < -0.39 is 17.0 Å². The van der Waals surface area contributed by atoms with Crippen LogP contribution in [0.2, 0.25) is 5.02 Å². The number of benzene rings is 2. The van der Waals surface area contributed by atoms with Crippen LogP contribution in [0.3, 0.4) is 0 Å². The van der Waals surface area contributed by atoms with Gasteiger partial charge in [0.15, 0.2) is 0 Å². The molecule has 0 amide bonds. The van der Waals surface area contributed by atoms with E-state index in [0.717, 1.165) is 0 Å². The summed E-state index contributed by atoms with van der Waals surface area (Å²) in [5.41, 5.74) is 0.296. The van der Waals surface area contributed by atoms with E-state index >= 15 is 0 Å². The maximum absolute atomic E-state index is 13.6. The number of hydrogen-bond donors (Lipinski definition) is 1. The van der Waals surface area contributed by atoms with E-state index in [1.54, 1.807) is 6.07 Å². The zero-order chi connectivity index (χ0) is 14.3. The molecule has 1 atom stereocenters. The second kappa shape index (κ2) is 4.64. The van der Waals surface area contributed by atoms with Crippen molar-refractivity contribution in [2.75, 3.05) is 5.32 Å². The average Bonchev–Trinajstić information content (AvgIpc) is 2.83. The number of anilines is 1. The first-order valence-corrected chi connectivity index (χ1v) is 6.09. The molecule has 0 saturated heterocycles. The van der Waals surface area contributed by atoms with Gasteiger partial charge in [-0.1, -0.05) is 17.7 Å². The van der Waals surface area contributed by atoms with Crippen molar-refractivity contribution in [2.24, 2.45) is 0 Å². The van der Waals surface area contributed by atoms with Crippen LogP contribution >= 0.6 is 11.6 Å². The van der Waals surface area contributed by atoms with E-state index in [1.807, 2.05) is 0 Å². The predicted molar refractivity (Wildman–Crippen MR) is 71.5 cm³/mol. The van der Waals surface area contributed by atoms with Crippen molar-refractivity contribution in [1.82, 2.24) is 0 Å². The molecule has 1 aliphatic rings. The summed E-state index contributed by atoms with van der Waals surface area (Å²) in [6.45, 7) is 0. The molecule has 1 aliphatic heterocycles. The molecule has 5 nitrogen and oxygen atoms in total. The summed E-state index contributed by atoms with van der Waals surface area (Å²) in [7, 11) is 0. The minimum absolute atomic E-state index is 0.139. The van der Waals surface area contributed by atoms with Crippen molar-refractivity contribution in [2.45, 2.75) is 6.23 Å². The van der Waals surface area contributed by atoms with Gasteiger partial charge in [-0.2, -0.15) is 0 Å². The molecule has 1 unspecified atom stereocenters. The minimum Gasteiger partial charge on any atom is -0.464 e. The van der Waals surface area contributed by atoms with Gasteiger partial charge in [0.05, 0.1) is 10.5 Å². The van der Waals surface area contributed by atoms with Gasteiger partial charge in [-0.15, -0.1) is 0 Å². The molecule has 1 heterocycles.